The number of nitrogens with zero attached hydrogens (tertiary/aromatic N) is 2. The topological polar surface area (TPSA) is 79.6 Å². The first-order valence-corrected chi connectivity index (χ1v) is 9.92. The number of nitriles is 1. The van der Waals surface area contributed by atoms with Crippen molar-refractivity contribution < 1.29 is 19.1 Å². The van der Waals surface area contributed by atoms with Crippen molar-refractivity contribution in [3.05, 3.63) is 63.0 Å². The van der Waals surface area contributed by atoms with Gasteiger partial charge in [0.25, 0.3) is 11.1 Å². The van der Waals surface area contributed by atoms with Crippen LogP contribution in [-0.2, 0) is 11.4 Å². The molecule has 0 unspecified atom stereocenters. The minimum absolute atomic E-state index is 0.150. The number of hydrogen-bond acceptors (Lipinski definition) is 6. The van der Waals surface area contributed by atoms with E-state index in [1.807, 2.05) is 19.1 Å². The van der Waals surface area contributed by atoms with Gasteiger partial charge in [0.2, 0.25) is 0 Å². The highest BCUT2D eigenvalue weighted by Gasteiger charge is 2.31. The summed E-state index contributed by atoms with van der Waals surface area (Å²) in [5, 5.41) is 9.19. The highest BCUT2D eigenvalue weighted by Crippen LogP contribution is 2.39. The number of amides is 2. The zero-order valence-corrected chi connectivity index (χ0v) is 17.3. The molecule has 1 aliphatic rings. The predicted octanol–water partition coefficient (Wildman–Crippen LogP) is 4.86. The van der Waals surface area contributed by atoms with E-state index in [2.05, 4.69) is 6.07 Å². The van der Waals surface area contributed by atoms with Gasteiger partial charge < -0.3 is 9.47 Å². The predicted molar refractivity (Wildman–Crippen MR) is 112 cm³/mol. The van der Waals surface area contributed by atoms with Gasteiger partial charge in [-0.2, -0.15) is 5.26 Å². The number of halogens is 1. The number of likely N-dealkylation sites (N-methyl/N-ethyl adjacent to an activating group) is 1. The van der Waals surface area contributed by atoms with Gasteiger partial charge >= 0.3 is 0 Å². The molecule has 0 atom stereocenters. The van der Waals surface area contributed by atoms with Crippen LogP contribution in [0.15, 0.2) is 41.3 Å². The lowest BCUT2D eigenvalue weighted by molar-refractivity contribution is -0.121. The fourth-order valence-corrected chi connectivity index (χ4v) is 3.78. The average molecular weight is 429 g/mol. The monoisotopic (exact) mass is 428 g/mol. The maximum atomic E-state index is 12.1. The molecule has 1 saturated heterocycles. The molecule has 2 amide bonds. The molecule has 0 N–H and O–H groups in total. The van der Waals surface area contributed by atoms with Crippen molar-refractivity contribution in [3.63, 3.8) is 0 Å². The number of carbonyl (C=O) groups is 2. The lowest BCUT2D eigenvalue weighted by Gasteiger charge is -2.15. The second-order valence-electron chi connectivity index (χ2n) is 6.06. The van der Waals surface area contributed by atoms with Crippen molar-refractivity contribution in [1.29, 1.82) is 5.26 Å². The molecule has 148 valence electrons. The van der Waals surface area contributed by atoms with Crippen LogP contribution in [0.3, 0.4) is 0 Å². The van der Waals surface area contributed by atoms with Crippen LogP contribution in [0.25, 0.3) is 6.08 Å². The third-order valence-corrected chi connectivity index (χ3v) is 5.37. The highest BCUT2D eigenvalue weighted by atomic mass is 35.5. The summed E-state index contributed by atoms with van der Waals surface area (Å²) in [5.41, 5.74) is 1.87. The van der Waals surface area contributed by atoms with Gasteiger partial charge in [-0.05, 0) is 48.5 Å². The van der Waals surface area contributed by atoms with Crippen molar-refractivity contribution in [2.24, 2.45) is 0 Å². The highest BCUT2D eigenvalue weighted by molar-refractivity contribution is 8.18. The Bertz CT molecular complexity index is 1050. The molecule has 1 heterocycles. The van der Waals surface area contributed by atoms with Gasteiger partial charge in [0.05, 0.1) is 28.2 Å². The molecule has 0 aromatic heterocycles. The number of carbonyl (C=O) groups excluding carboxylic acids is 2. The molecular formula is C21H17ClN2O4S. The van der Waals surface area contributed by atoms with Crippen LogP contribution in [0, 0.1) is 11.3 Å². The van der Waals surface area contributed by atoms with E-state index in [9.17, 15) is 14.9 Å². The summed E-state index contributed by atoms with van der Waals surface area (Å²) in [7, 11) is 1.44. The summed E-state index contributed by atoms with van der Waals surface area (Å²) >= 11 is 7.29. The molecule has 0 radical (unpaired) electrons. The van der Waals surface area contributed by atoms with Crippen LogP contribution >= 0.6 is 23.4 Å². The summed E-state index contributed by atoms with van der Waals surface area (Å²) in [6.45, 7) is 2.37. The van der Waals surface area contributed by atoms with Crippen LogP contribution in [0.1, 0.15) is 23.6 Å². The molecule has 1 fully saturated rings. The normalized spacial score (nSPS) is 15.0. The zero-order valence-electron chi connectivity index (χ0n) is 15.8. The molecule has 0 saturated carbocycles. The lowest BCUT2D eigenvalue weighted by atomic mass is 10.1. The molecule has 8 heteroatoms. The van der Waals surface area contributed by atoms with Gasteiger partial charge in [-0.1, -0.05) is 29.8 Å². The molecule has 2 aromatic rings. The number of rotatable bonds is 6. The molecule has 3 rings (SSSR count). The maximum absolute atomic E-state index is 12.1. The van der Waals surface area contributed by atoms with Crippen LogP contribution < -0.4 is 9.47 Å². The molecule has 0 bridgehead atoms. The summed E-state index contributed by atoms with van der Waals surface area (Å²) < 4.78 is 11.5. The number of benzene rings is 2. The van der Waals surface area contributed by atoms with E-state index in [-0.39, 0.29) is 17.8 Å². The van der Waals surface area contributed by atoms with E-state index >= 15 is 0 Å². The van der Waals surface area contributed by atoms with Crippen molar-refractivity contribution in [2.45, 2.75) is 13.5 Å². The zero-order chi connectivity index (χ0) is 21.0. The first-order chi connectivity index (χ1) is 13.9. The SMILES string of the molecule is CCOc1cc(/C=C2\SC(=O)N(C)C2=O)cc(Cl)c1OCc1ccccc1C#N. The Hall–Kier alpha value is -2.95. The second-order valence-corrected chi connectivity index (χ2v) is 7.46. The Morgan fingerprint density at radius 1 is 1.24 bits per heavy atom. The van der Waals surface area contributed by atoms with Crippen LogP contribution in [0.4, 0.5) is 4.79 Å². The number of thioether (sulfide) groups is 1. The third kappa shape index (κ3) is 4.56. The second kappa shape index (κ2) is 9.03. The number of hydrogen-bond donors (Lipinski definition) is 0. The van der Waals surface area contributed by atoms with E-state index in [1.165, 1.54) is 7.05 Å². The van der Waals surface area contributed by atoms with Crippen LogP contribution in [0.2, 0.25) is 5.02 Å². The van der Waals surface area contributed by atoms with Gasteiger partial charge in [-0.3, -0.25) is 14.5 Å². The molecule has 6 nitrogen and oxygen atoms in total. The summed E-state index contributed by atoms with van der Waals surface area (Å²) in [6, 6.07) is 12.6. The smallest absolute Gasteiger partial charge is 0.293 e. The fourth-order valence-electron chi connectivity index (χ4n) is 2.68. The summed E-state index contributed by atoms with van der Waals surface area (Å²) in [5.74, 6) is 0.404. The van der Waals surface area contributed by atoms with E-state index in [1.54, 1.807) is 30.3 Å². The summed E-state index contributed by atoms with van der Waals surface area (Å²) in [6.07, 6.45) is 1.59. The minimum atomic E-state index is -0.359. The van der Waals surface area contributed by atoms with Crippen molar-refractivity contribution >= 4 is 40.6 Å². The quantitative estimate of drug-likeness (QED) is 0.611. The molecule has 1 aliphatic heterocycles. The standard InChI is InChI=1S/C21H17ClN2O4S/c1-3-27-17-9-13(10-18-20(25)24(2)21(26)29-18)8-16(22)19(17)28-12-15-7-5-4-6-14(15)11-23/h4-10H,3,12H2,1-2H3/b18-10-. The van der Waals surface area contributed by atoms with Gasteiger partial charge in [-0.15, -0.1) is 0 Å². The van der Waals surface area contributed by atoms with Crippen molar-refractivity contribution in [2.75, 3.05) is 13.7 Å². The van der Waals surface area contributed by atoms with Gasteiger partial charge in [0.1, 0.15) is 6.61 Å². The van der Waals surface area contributed by atoms with Gasteiger partial charge in [0, 0.05) is 12.6 Å². The fraction of sp³-hybridized carbons (Fsp3) is 0.190. The lowest BCUT2D eigenvalue weighted by Crippen LogP contribution is -2.22. The van der Waals surface area contributed by atoms with E-state index < -0.39 is 0 Å². The van der Waals surface area contributed by atoms with Crippen molar-refractivity contribution in [3.8, 4) is 17.6 Å². The number of imide groups is 1. The van der Waals surface area contributed by atoms with E-state index in [0.29, 0.717) is 39.2 Å². The van der Waals surface area contributed by atoms with Crippen LogP contribution in [-0.4, -0.2) is 29.7 Å². The van der Waals surface area contributed by atoms with Crippen molar-refractivity contribution in [1.82, 2.24) is 4.90 Å². The van der Waals surface area contributed by atoms with E-state index in [4.69, 9.17) is 21.1 Å². The van der Waals surface area contributed by atoms with Gasteiger partial charge in [-0.25, -0.2) is 0 Å². The first kappa shape index (κ1) is 20.8. The summed E-state index contributed by atoms with van der Waals surface area (Å²) in [4.78, 5) is 25.2. The Kier molecular flexibility index (Phi) is 6.47. The van der Waals surface area contributed by atoms with Crippen LogP contribution in [0.5, 0.6) is 11.5 Å². The molecule has 0 spiro atoms. The number of ether oxygens (including phenoxy) is 2. The molecular weight excluding hydrogens is 412 g/mol. The Morgan fingerprint density at radius 3 is 2.66 bits per heavy atom. The Balaban J connectivity index is 1.90. The average Bonchev–Trinajstić information content (AvgIpc) is 2.94. The molecule has 29 heavy (non-hydrogen) atoms. The van der Waals surface area contributed by atoms with Gasteiger partial charge in [0.15, 0.2) is 11.5 Å². The van der Waals surface area contributed by atoms with E-state index in [0.717, 1.165) is 22.2 Å². The largest absolute Gasteiger partial charge is 0.490 e. The first-order valence-electron chi connectivity index (χ1n) is 8.73. The molecule has 2 aromatic carbocycles. The Morgan fingerprint density at radius 2 is 2.00 bits per heavy atom. The Labute approximate surface area is 177 Å². The third-order valence-electron chi connectivity index (χ3n) is 4.13. The molecule has 0 aliphatic carbocycles. The minimum Gasteiger partial charge on any atom is -0.490 e. The maximum Gasteiger partial charge on any atom is 0.293 e.